The summed E-state index contributed by atoms with van der Waals surface area (Å²) in [7, 11) is -3.37. The first-order valence-electron chi connectivity index (χ1n) is 7.76. The van der Waals surface area contributed by atoms with Gasteiger partial charge in [0.1, 0.15) is 0 Å². The summed E-state index contributed by atoms with van der Waals surface area (Å²) >= 11 is 0. The standard InChI is InChI=1S/C16H25N3O3S.ClH/c1-12-4-5-13(10-14(12)19-23(3,21)22)15(20)18-11-16(2)6-8-17-9-7-16;/h4-5,10,17,19H,6-9,11H2,1-3H3,(H,18,20);1H. The summed E-state index contributed by atoms with van der Waals surface area (Å²) < 4.78 is 25.2. The number of rotatable bonds is 5. The van der Waals surface area contributed by atoms with Crippen molar-refractivity contribution in [3.05, 3.63) is 29.3 Å². The fraction of sp³-hybridized carbons (Fsp3) is 0.562. The van der Waals surface area contributed by atoms with Crippen LogP contribution in [0.5, 0.6) is 0 Å². The zero-order chi connectivity index (χ0) is 17.1. The number of piperidine rings is 1. The largest absolute Gasteiger partial charge is 0.351 e. The van der Waals surface area contributed by atoms with Crippen molar-refractivity contribution in [1.29, 1.82) is 0 Å². The molecule has 6 nitrogen and oxygen atoms in total. The lowest BCUT2D eigenvalue weighted by Gasteiger charge is -2.34. The van der Waals surface area contributed by atoms with E-state index in [1.165, 1.54) is 0 Å². The highest BCUT2D eigenvalue weighted by Gasteiger charge is 2.27. The second-order valence-electron chi connectivity index (χ2n) is 6.65. The maximum Gasteiger partial charge on any atom is 0.251 e. The zero-order valence-electron chi connectivity index (χ0n) is 14.3. The maximum atomic E-state index is 12.4. The van der Waals surface area contributed by atoms with Gasteiger partial charge in [0.15, 0.2) is 0 Å². The summed E-state index contributed by atoms with van der Waals surface area (Å²) in [6.07, 6.45) is 3.15. The number of aryl methyl sites for hydroxylation is 1. The molecule has 0 bridgehead atoms. The molecule has 1 saturated heterocycles. The molecule has 0 atom stereocenters. The average molecular weight is 376 g/mol. The molecule has 0 radical (unpaired) electrons. The highest BCUT2D eigenvalue weighted by molar-refractivity contribution is 7.92. The Hall–Kier alpha value is -1.31. The topological polar surface area (TPSA) is 87.3 Å². The highest BCUT2D eigenvalue weighted by Crippen LogP contribution is 2.27. The molecule has 24 heavy (non-hydrogen) atoms. The Bertz CT molecular complexity index is 686. The Morgan fingerprint density at radius 2 is 1.92 bits per heavy atom. The number of amides is 1. The van der Waals surface area contributed by atoms with E-state index in [-0.39, 0.29) is 23.7 Å². The van der Waals surface area contributed by atoms with Gasteiger partial charge in [-0.1, -0.05) is 13.0 Å². The van der Waals surface area contributed by atoms with E-state index in [1.54, 1.807) is 25.1 Å². The summed E-state index contributed by atoms with van der Waals surface area (Å²) in [5, 5.41) is 6.29. The van der Waals surface area contributed by atoms with Crippen LogP contribution in [0.25, 0.3) is 0 Å². The van der Waals surface area contributed by atoms with Crippen LogP contribution in [0.15, 0.2) is 18.2 Å². The van der Waals surface area contributed by atoms with E-state index in [9.17, 15) is 13.2 Å². The molecule has 3 N–H and O–H groups in total. The molecule has 0 saturated carbocycles. The number of hydrogen-bond donors (Lipinski definition) is 3. The third-order valence-electron chi connectivity index (χ3n) is 4.28. The van der Waals surface area contributed by atoms with Gasteiger partial charge < -0.3 is 10.6 Å². The van der Waals surface area contributed by atoms with Crippen molar-refractivity contribution in [2.24, 2.45) is 5.41 Å². The summed E-state index contributed by atoms with van der Waals surface area (Å²) in [5.74, 6) is -0.179. The van der Waals surface area contributed by atoms with Crippen molar-refractivity contribution in [3.63, 3.8) is 0 Å². The van der Waals surface area contributed by atoms with E-state index in [2.05, 4.69) is 22.3 Å². The Kier molecular flexibility index (Phi) is 7.07. The van der Waals surface area contributed by atoms with Crippen LogP contribution >= 0.6 is 12.4 Å². The van der Waals surface area contributed by atoms with Crippen LogP contribution in [0.3, 0.4) is 0 Å². The Morgan fingerprint density at radius 3 is 2.50 bits per heavy atom. The molecule has 0 spiro atoms. The molecule has 0 aromatic heterocycles. The summed E-state index contributed by atoms with van der Waals surface area (Å²) in [4.78, 5) is 12.4. The smallest absolute Gasteiger partial charge is 0.251 e. The summed E-state index contributed by atoms with van der Waals surface area (Å²) in [6.45, 7) is 6.54. The van der Waals surface area contributed by atoms with Gasteiger partial charge in [-0.15, -0.1) is 12.4 Å². The quantitative estimate of drug-likeness (QED) is 0.733. The minimum absolute atomic E-state index is 0. The van der Waals surface area contributed by atoms with Crippen molar-refractivity contribution >= 4 is 34.0 Å². The van der Waals surface area contributed by atoms with Gasteiger partial charge >= 0.3 is 0 Å². The predicted octanol–water partition coefficient (Wildman–Crippen LogP) is 1.91. The Balaban J connectivity index is 0.00000288. The average Bonchev–Trinajstić information content (AvgIpc) is 2.46. The third-order valence-corrected chi connectivity index (χ3v) is 4.87. The molecule has 1 aliphatic heterocycles. The number of sulfonamides is 1. The maximum absolute atomic E-state index is 12.4. The third kappa shape index (κ3) is 5.96. The summed E-state index contributed by atoms with van der Waals surface area (Å²) in [6, 6.07) is 5.04. The SMILES string of the molecule is Cc1ccc(C(=O)NCC2(C)CCNCC2)cc1NS(C)(=O)=O.Cl. The number of hydrogen-bond acceptors (Lipinski definition) is 4. The first-order valence-corrected chi connectivity index (χ1v) is 9.65. The van der Waals surface area contributed by atoms with Crippen molar-refractivity contribution in [2.75, 3.05) is 30.6 Å². The monoisotopic (exact) mass is 375 g/mol. The first-order chi connectivity index (χ1) is 10.7. The number of anilines is 1. The minimum atomic E-state index is -3.37. The lowest BCUT2D eigenvalue weighted by Crippen LogP contribution is -2.42. The lowest BCUT2D eigenvalue weighted by atomic mass is 9.81. The molecule has 1 fully saturated rings. The molecular weight excluding hydrogens is 350 g/mol. The Morgan fingerprint density at radius 1 is 1.29 bits per heavy atom. The van der Waals surface area contributed by atoms with Gasteiger partial charge in [-0.2, -0.15) is 0 Å². The van der Waals surface area contributed by atoms with E-state index >= 15 is 0 Å². The molecule has 2 rings (SSSR count). The molecule has 1 aromatic rings. The predicted molar refractivity (Wildman–Crippen MR) is 99.4 cm³/mol. The molecule has 1 aliphatic rings. The van der Waals surface area contributed by atoms with Crippen LogP contribution in [0.4, 0.5) is 5.69 Å². The van der Waals surface area contributed by atoms with Crippen LogP contribution in [-0.4, -0.2) is 40.2 Å². The van der Waals surface area contributed by atoms with Gasteiger partial charge in [0.25, 0.3) is 5.91 Å². The van der Waals surface area contributed by atoms with E-state index in [0.717, 1.165) is 37.8 Å². The molecule has 1 heterocycles. The molecule has 0 unspecified atom stereocenters. The van der Waals surface area contributed by atoms with E-state index in [4.69, 9.17) is 0 Å². The van der Waals surface area contributed by atoms with Gasteiger partial charge in [0.2, 0.25) is 10.0 Å². The minimum Gasteiger partial charge on any atom is -0.351 e. The fourth-order valence-corrected chi connectivity index (χ4v) is 3.30. The Labute approximate surface area is 150 Å². The second-order valence-corrected chi connectivity index (χ2v) is 8.40. The van der Waals surface area contributed by atoms with Crippen molar-refractivity contribution < 1.29 is 13.2 Å². The van der Waals surface area contributed by atoms with Gasteiger partial charge in [-0.3, -0.25) is 9.52 Å². The second kappa shape index (κ2) is 8.18. The molecule has 0 aliphatic carbocycles. The number of carbonyl (C=O) groups excluding carboxylic acids is 1. The number of carbonyl (C=O) groups is 1. The first kappa shape index (κ1) is 20.7. The van der Waals surface area contributed by atoms with E-state index in [1.807, 2.05) is 0 Å². The molecule has 136 valence electrons. The molecular formula is C16H26ClN3O3S. The van der Waals surface area contributed by atoms with Gasteiger partial charge in [0, 0.05) is 12.1 Å². The van der Waals surface area contributed by atoms with Crippen molar-refractivity contribution in [2.45, 2.75) is 26.7 Å². The highest BCUT2D eigenvalue weighted by atomic mass is 35.5. The zero-order valence-corrected chi connectivity index (χ0v) is 15.9. The van der Waals surface area contributed by atoms with Crippen LogP contribution in [0.2, 0.25) is 0 Å². The molecule has 1 amide bonds. The fourth-order valence-electron chi connectivity index (χ4n) is 2.68. The number of benzene rings is 1. The van der Waals surface area contributed by atoms with E-state index in [0.29, 0.717) is 17.8 Å². The van der Waals surface area contributed by atoms with Gasteiger partial charge in [0.05, 0.1) is 11.9 Å². The van der Waals surface area contributed by atoms with Crippen molar-refractivity contribution in [3.8, 4) is 0 Å². The molecule has 1 aromatic carbocycles. The number of halogens is 1. The van der Waals surface area contributed by atoms with Crippen LogP contribution < -0.4 is 15.4 Å². The molecule has 8 heteroatoms. The van der Waals surface area contributed by atoms with Crippen LogP contribution in [0.1, 0.15) is 35.7 Å². The lowest BCUT2D eigenvalue weighted by molar-refractivity contribution is 0.0922. The summed E-state index contributed by atoms with van der Waals surface area (Å²) in [5.41, 5.74) is 1.78. The normalized spacial score (nSPS) is 16.8. The van der Waals surface area contributed by atoms with Crippen molar-refractivity contribution in [1.82, 2.24) is 10.6 Å². The van der Waals surface area contributed by atoms with E-state index < -0.39 is 10.0 Å². The number of nitrogens with one attached hydrogen (secondary N) is 3. The van der Waals surface area contributed by atoms with Crippen LogP contribution in [-0.2, 0) is 10.0 Å². The van der Waals surface area contributed by atoms with Crippen LogP contribution in [0, 0.1) is 12.3 Å². The van der Waals surface area contributed by atoms with Gasteiger partial charge in [-0.25, -0.2) is 8.42 Å². The van der Waals surface area contributed by atoms with Gasteiger partial charge in [-0.05, 0) is 56.0 Å².